The summed E-state index contributed by atoms with van der Waals surface area (Å²) in [5, 5.41) is 16.3. The number of imide groups is 1. The van der Waals surface area contributed by atoms with Gasteiger partial charge in [-0.3, -0.25) is 24.6 Å². The van der Waals surface area contributed by atoms with E-state index in [-0.39, 0.29) is 30.6 Å². The van der Waals surface area contributed by atoms with Crippen LogP contribution in [-0.2, 0) is 27.3 Å². The zero-order valence-electron chi connectivity index (χ0n) is 22.8. The first-order chi connectivity index (χ1) is 20.4. The lowest BCUT2D eigenvalue weighted by atomic mass is 10.1. The molecule has 1 atom stereocenters. The maximum atomic E-state index is 12.7. The molecule has 2 aromatic heterocycles. The Hall–Kier alpha value is -4.06. The highest BCUT2D eigenvalue weighted by Gasteiger charge is 2.29. The lowest BCUT2D eigenvalue weighted by Gasteiger charge is -2.36. The molecule has 2 aliphatic rings. The fourth-order valence-electron chi connectivity index (χ4n) is 5.27. The second-order valence-electron chi connectivity index (χ2n) is 10.5. The van der Waals surface area contributed by atoms with Gasteiger partial charge in [0.2, 0.25) is 11.8 Å². The summed E-state index contributed by atoms with van der Waals surface area (Å²) in [4.78, 5) is 41.9. The number of halogens is 1. The normalized spacial score (nSPS) is 17.7. The molecule has 0 radical (unpaired) electrons. The monoisotopic (exact) mass is 603 g/mol. The topological polar surface area (TPSA) is 112 Å². The number of rotatable bonds is 8. The number of anilines is 2. The third-order valence-electron chi connectivity index (χ3n) is 7.53. The van der Waals surface area contributed by atoms with Crippen LogP contribution in [0.4, 0.5) is 11.4 Å². The molecular formula is C30H30ClN7O3S. The van der Waals surface area contributed by atoms with Gasteiger partial charge in [0.25, 0.3) is 5.91 Å². The standard InChI is InChI=1S/C30H30ClN7O3S/c31-24-3-1-2-4-26(24)37-13-11-36(12-14-37)17-20-5-7-22(8-6-20)32-29(40)16-23-15-21(19-42-23)25-18-38(35-34-25)27-9-10-28(39)33-30(27)41/h1-8,15,18-19,27H,9-14,16-17H2,(H,32,40)(H,33,39,41). The maximum absolute atomic E-state index is 12.7. The minimum Gasteiger partial charge on any atom is -0.368 e. The lowest BCUT2D eigenvalue weighted by Crippen LogP contribution is -2.46. The van der Waals surface area contributed by atoms with Crippen molar-refractivity contribution in [1.29, 1.82) is 0 Å². The summed E-state index contributed by atoms with van der Waals surface area (Å²) < 4.78 is 1.49. The summed E-state index contributed by atoms with van der Waals surface area (Å²) in [7, 11) is 0. The van der Waals surface area contributed by atoms with E-state index in [4.69, 9.17) is 11.6 Å². The minimum atomic E-state index is -0.552. The molecular weight excluding hydrogens is 574 g/mol. The van der Waals surface area contributed by atoms with E-state index in [0.717, 1.165) is 59.6 Å². The lowest BCUT2D eigenvalue weighted by molar-refractivity contribution is -0.136. The van der Waals surface area contributed by atoms with Crippen molar-refractivity contribution in [1.82, 2.24) is 25.2 Å². The molecule has 0 bridgehead atoms. The van der Waals surface area contributed by atoms with E-state index in [2.05, 4.69) is 48.9 Å². The number of nitrogens with one attached hydrogen (secondary N) is 2. The zero-order chi connectivity index (χ0) is 29.1. The number of piperidine rings is 1. The Morgan fingerprint density at radius 2 is 1.86 bits per heavy atom. The van der Waals surface area contributed by atoms with Crippen LogP contribution in [0.1, 0.15) is 29.3 Å². The van der Waals surface area contributed by atoms with Crippen LogP contribution in [0.2, 0.25) is 5.02 Å². The first-order valence-corrected chi connectivity index (χ1v) is 15.1. The highest BCUT2D eigenvalue weighted by Crippen LogP contribution is 2.28. The number of piperazine rings is 1. The van der Waals surface area contributed by atoms with Crippen molar-refractivity contribution in [3.8, 4) is 11.3 Å². The van der Waals surface area contributed by atoms with E-state index < -0.39 is 6.04 Å². The van der Waals surface area contributed by atoms with E-state index in [9.17, 15) is 14.4 Å². The van der Waals surface area contributed by atoms with Crippen molar-refractivity contribution in [2.45, 2.75) is 31.8 Å². The SMILES string of the molecule is O=C1CCC(n2cc(-c3csc(CC(=O)Nc4ccc(CN5CCN(c6ccccc6Cl)CC5)cc4)c3)nn2)C(=O)N1. The number of para-hydroxylation sites is 1. The van der Waals surface area contributed by atoms with Crippen LogP contribution in [0.15, 0.2) is 66.2 Å². The molecule has 2 aromatic carbocycles. The number of benzene rings is 2. The van der Waals surface area contributed by atoms with E-state index in [1.807, 2.05) is 41.8 Å². The van der Waals surface area contributed by atoms with Gasteiger partial charge in [-0.05, 0) is 42.3 Å². The molecule has 2 fully saturated rings. The first-order valence-electron chi connectivity index (χ1n) is 13.9. The Balaban J connectivity index is 0.979. The second kappa shape index (κ2) is 12.4. The largest absolute Gasteiger partial charge is 0.368 e. The van der Waals surface area contributed by atoms with Crippen LogP contribution in [0.3, 0.4) is 0 Å². The number of amides is 3. The summed E-state index contributed by atoms with van der Waals surface area (Å²) in [6.07, 6.45) is 2.61. The van der Waals surface area contributed by atoms with Gasteiger partial charge in [0, 0.05) is 60.7 Å². The fourth-order valence-corrected chi connectivity index (χ4v) is 6.41. The molecule has 0 spiro atoms. The van der Waals surface area contributed by atoms with Gasteiger partial charge < -0.3 is 10.2 Å². The molecule has 0 saturated carbocycles. The number of thiophene rings is 1. The number of carbonyl (C=O) groups excluding carboxylic acids is 3. The third-order valence-corrected chi connectivity index (χ3v) is 8.79. The van der Waals surface area contributed by atoms with Crippen LogP contribution in [0.5, 0.6) is 0 Å². The summed E-state index contributed by atoms with van der Waals surface area (Å²) in [6, 6.07) is 17.4. The summed E-state index contributed by atoms with van der Waals surface area (Å²) in [6.45, 7) is 4.64. The molecule has 10 nitrogen and oxygen atoms in total. The van der Waals surface area contributed by atoms with Crippen molar-refractivity contribution in [2.75, 3.05) is 36.4 Å². The van der Waals surface area contributed by atoms with Crippen molar-refractivity contribution in [2.24, 2.45) is 0 Å². The fraction of sp³-hybridized carbons (Fsp3) is 0.300. The van der Waals surface area contributed by atoms with Crippen LogP contribution in [0, 0.1) is 0 Å². The minimum absolute atomic E-state index is 0.0981. The van der Waals surface area contributed by atoms with Gasteiger partial charge >= 0.3 is 0 Å². The Kier molecular flexibility index (Phi) is 8.31. The number of hydrogen-bond donors (Lipinski definition) is 2. The number of nitrogens with zero attached hydrogens (tertiary/aromatic N) is 5. The predicted octanol–water partition coefficient (Wildman–Crippen LogP) is 4.14. The molecule has 2 aliphatic heterocycles. The van der Waals surface area contributed by atoms with Gasteiger partial charge in [0.1, 0.15) is 11.7 Å². The van der Waals surface area contributed by atoms with Gasteiger partial charge in [-0.2, -0.15) is 0 Å². The van der Waals surface area contributed by atoms with Gasteiger partial charge in [-0.15, -0.1) is 16.4 Å². The molecule has 2 N–H and O–H groups in total. The second-order valence-corrected chi connectivity index (χ2v) is 11.9. The molecule has 4 aromatic rings. The van der Waals surface area contributed by atoms with Crippen molar-refractivity contribution in [3.05, 3.63) is 81.6 Å². The van der Waals surface area contributed by atoms with Crippen LogP contribution < -0.4 is 15.5 Å². The summed E-state index contributed by atoms with van der Waals surface area (Å²) in [5.74, 6) is -0.738. The van der Waals surface area contributed by atoms with Crippen molar-refractivity contribution in [3.63, 3.8) is 0 Å². The number of carbonyl (C=O) groups is 3. The van der Waals surface area contributed by atoms with Crippen molar-refractivity contribution < 1.29 is 14.4 Å². The average molecular weight is 604 g/mol. The van der Waals surface area contributed by atoms with Crippen LogP contribution >= 0.6 is 22.9 Å². The first kappa shape index (κ1) is 28.1. The molecule has 3 amide bonds. The Labute approximate surface area is 252 Å². The smallest absolute Gasteiger partial charge is 0.251 e. The zero-order valence-corrected chi connectivity index (χ0v) is 24.4. The van der Waals surface area contributed by atoms with E-state index in [0.29, 0.717) is 12.1 Å². The van der Waals surface area contributed by atoms with E-state index >= 15 is 0 Å². The third kappa shape index (κ3) is 6.53. The quantitative estimate of drug-likeness (QED) is 0.291. The molecule has 42 heavy (non-hydrogen) atoms. The van der Waals surface area contributed by atoms with Gasteiger partial charge in [-0.1, -0.05) is 41.1 Å². The van der Waals surface area contributed by atoms with Crippen LogP contribution in [-0.4, -0.2) is 63.8 Å². The molecule has 4 heterocycles. The molecule has 2 saturated heterocycles. The maximum Gasteiger partial charge on any atom is 0.251 e. The van der Waals surface area contributed by atoms with Crippen LogP contribution in [0.25, 0.3) is 11.3 Å². The van der Waals surface area contributed by atoms with Gasteiger partial charge in [-0.25, -0.2) is 4.68 Å². The highest BCUT2D eigenvalue weighted by molar-refractivity contribution is 7.10. The van der Waals surface area contributed by atoms with Crippen molar-refractivity contribution >= 4 is 52.0 Å². The van der Waals surface area contributed by atoms with E-state index in [1.54, 1.807) is 6.20 Å². The highest BCUT2D eigenvalue weighted by atomic mass is 35.5. The molecule has 1 unspecified atom stereocenters. The molecule has 216 valence electrons. The number of aromatic nitrogens is 3. The Bertz CT molecular complexity index is 1590. The van der Waals surface area contributed by atoms with E-state index in [1.165, 1.54) is 21.6 Å². The average Bonchev–Trinajstić information content (AvgIpc) is 3.65. The Morgan fingerprint density at radius 3 is 2.62 bits per heavy atom. The summed E-state index contributed by atoms with van der Waals surface area (Å²) in [5.41, 5.74) is 4.50. The Morgan fingerprint density at radius 1 is 1.07 bits per heavy atom. The van der Waals surface area contributed by atoms with Gasteiger partial charge in [0.05, 0.1) is 23.3 Å². The molecule has 12 heteroatoms. The summed E-state index contributed by atoms with van der Waals surface area (Å²) >= 11 is 7.84. The number of hydrogen-bond acceptors (Lipinski definition) is 8. The predicted molar refractivity (Wildman–Crippen MR) is 162 cm³/mol. The molecule has 0 aliphatic carbocycles. The molecule has 6 rings (SSSR count). The van der Waals surface area contributed by atoms with Gasteiger partial charge in [0.15, 0.2) is 0 Å².